The van der Waals surface area contributed by atoms with E-state index in [4.69, 9.17) is 10.5 Å². The van der Waals surface area contributed by atoms with E-state index in [1.807, 2.05) is 18.2 Å². The van der Waals surface area contributed by atoms with Crippen LogP contribution >= 0.6 is 0 Å². The summed E-state index contributed by atoms with van der Waals surface area (Å²) in [6.07, 6.45) is 3.41. The number of nitrogens with zero attached hydrogens (tertiary/aromatic N) is 5. The number of rotatable bonds is 2. The van der Waals surface area contributed by atoms with Gasteiger partial charge in [-0.1, -0.05) is 0 Å². The Morgan fingerprint density at radius 3 is 3.09 bits per heavy atom. The van der Waals surface area contributed by atoms with E-state index < -0.39 is 0 Å². The van der Waals surface area contributed by atoms with Crippen LogP contribution in [0.3, 0.4) is 0 Å². The van der Waals surface area contributed by atoms with Gasteiger partial charge in [-0.3, -0.25) is 10.1 Å². The zero-order valence-electron chi connectivity index (χ0n) is 11.8. The molecule has 4 heterocycles. The zero-order chi connectivity index (χ0) is 14.9. The number of hydrogen-bond donors (Lipinski definition) is 2. The second kappa shape index (κ2) is 5.23. The van der Waals surface area contributed by atoms with Gasteiger partial charge in [-0.25, -0.2) is 4.98 Å². The molecule has 3 aromatic heterocycles. The molecule has 1 unspecified atom stereocenters. The topological polar surface area (TPSA) is 106 Å². The summed E-state index contributed by atoms with van der Waals surface area (Å²) in [7, 11) is 0. The first-order valence-corrected chi connectivity index (χ1v) is 7.05. The summed E-state index contributed by atoms with van der Waals surface area (Å²) < 4.78 is 5.59. The van der Waals surface area contributed by atoms with Gasteiger partial charge in [0.2, 0.25) is 5.95 Å². The number of nitrogen functional groups attached to an aromatic ring is 1. The van der Waals surface area contributed by atoms with Crippen molar-refractivity contribution in [2.45, 2.75) is 6.04 Å². The predicted molar refractivity (Wildman–Crippen MR) is 81.2 cm³/mol. The molecule has 1 atom stereocenters. The molecule has 112 valence electrons. The maximum atomic E-state index is 6.04. The van der Waals surface area contributed by atoms with Crippen molar-refractivity contribution < 1.29 is 4.74 Å². The number of pyridine rings is 1. The molecule has 0 spiro atoms. The van der Waals surface area contributed by atoms with Gasteiger partial charge in [-0.2, -0.15) is 10.1 Å². The number of aromatic amines is 1. The molecule has 4 rings (SSSR count). The number of nitrogens with one attached hydrogen (secondary N) is 1. The summed E-state index contributed by atoms with van der Waals surface area (Å²) in [5.41, 5.74) is 8.36. The van der Waals surface area contributed by atoms with E-state index in [-0.39, 0.29) is 6.04 Å². The summed E-state index contributed by atoms with van der Waals surface area (Å²) in [6, 6.07) is 5.64. The average molecular weight is 297 g/mol. The monoisotopic (exact) mass is 297 g/mol. The minimum Gasteiger partial charge on any atom is -0.382 e. The summed E-state index contributed by atoms with van der Waals surface area (Å²) in [6.45, 7) is 1.87. The van der Waals surface area contributed by atoms with Crippen molar-refractivity contribution >= 4 is 22.8 Å². The maximum Gasteiger partial charge on any atom is 0.228 e. The first-order chi connectivity index (χ1) is 10.8. The highest BCUT2D eigenvalue weighted by Gasteiger charge is 2.28. The Bertz CT molecular complexity index is 789. The molecule has 1 aliphatic rings. The zero-order valence-corrected chi connectivity index (χ0v) is 11.8. The number of anilines is 2. The van der Waals surface area contributed by atoms with Gasteiger partial charge in [0.15, 0.2) is 5.82 Å². The Morgan fingerprint density at radius 1 is 1.27 bits per heavy atom. The van der Waals surface area contributed by atoms with Crippen molar-refractivity contribution in [3.8, 4) is 0 Å². The molecule has 0 saturated carbocycles. The smallest absolute Gasteiger partial charge is 0.228 e. The lowest BCUT2D eigenvalue weighted by atomic mass is 10.1. The van der Waals surface area contributed by atoms with Gasteiger partial charge < -0.3 is 15.4 Å². The van der Waals surface area contributed by atoms with E-state index >= 15 is 0 Å². The van der Waals surface area contributed by atoms with E-state index in [2.05, 4.69) is 30.0 Å². The molecule has 1 saturated heterocycles. The van der Waals surface area contributed by atoms with Crippen LogP contribution in [0, 0.1) is 0 Å². The standard InChI is InChI=1S/C14H15N7O/c15-13-12-10(2-1-4-16-12)18-14(19-13)21-6-7-22-8-11(21)9-3-5-17-20-9/h1-5,11H,6-8H2,(H,17,20)(H2,15,18,19). The molecule has 3 aromatic rings. The van der Waals surface area contributed by atoms with Crippen LogP contribution in [0.2, 0.25) is 0 Å². The van der Waals surface area contributed by atoms with Crippen LogP contribution in [0.25, 0.3) is 11.0 Å². The molecule has 8 heteroatoms. The molecule has 0 radical (unpaired) electrons. The van der Waals surface area contributed by atoms with Crippen molar-refractivity contribution in [1.82, 2.24) is 25.1 Å². The summed E-state index contributed by atoms with van der Waals surface area (Å²) in [5, 5.41) is 7.00. The highest BCUT2D eigenvalue weighted by Crippen LogP contribution is 2.28. The molecular formula is C14H15N7O. The van der Waals surface area contributed by atoms with Crippen molar-refractivity contribution in [3.63, 3.8) is 0 Å². The molecule has 0 bridgehead atoms. The minimum absolute atomic E-state index is 0.00947. The molecule has 0 aliphatic carbocycles. The number of hydrogen-bond acceptors (Lipinski definition) is 7. The van der Waals surface area contributed by atoms with E-state index in [0.29, 0.717) is 37.0 Å². The summed E-state index contributed by atoms with van der Waals surface area (Å²) in [5.74, 6) is 0.969. The van der Waals surface area contributed by atoms with Crippen LogP contribution in [0.4, 0.5) is 11.8 Å². The number of morpholine rings is 1. The molecule has 1 fully saturated rings. The Balaban J connectivity index is 1.78. The average Bonchev–Trinajstić information content (AvgIpc) is 3.09. The van der Waals surface area contributed by atoms with Crippen molar-refractivity contribution in [2.24, 2.45) is 0 Å². The molecule has 8 nitrogen and oxygen atoms in total. The lowest BCUT2D eigenvalue weighted by Crippen LogP contribution is -2.40. The van der Waals surface area contributed by atoms with Gasteiger partial charge in [0.05, 0.1) is 30.5 Å². The molecule has 3 N–H and O–H groups in total. The highest BCUT2D eigenvalue weighted by molar-refractivity contribution is 5.84. The van der Waals surface area contributed by atoms with Crippen LogP contribution in [-0.2, 0) is 4.74 Å². The van der Waals surface area contributed by atoms with Crippen LogP contribution in [0.15, 0.2) is 30.6 Å². The fourth-order valence-electron chi connectivity index (χ4n) is 2.66. The Hall–Kier alpha value is -2.74. The van der Waals surface area contributed by atoms with Crippen molar-refractivity contribution in [3.05, 3.63) is 36.3 Å². The molecule has 1 aliphatic heterocycles. The highest BCUT2D eigenvalue weighted by atomic mass is 16.5. The normalized spacial score (nSPS) is 18.7. The minimum atomic E-state index is -0.00947. The third-order valence-electron chi connectivity index (χ3n) is 3.74. The van der Waals surface area contributed by atoms with Gasteiger partial charge in [-0.15, -0.1) is 0 Å². The number of ether oxygens (including phenoxy) is 1. The SMILES string of the molecule is Nc1nc(N2CCOCC2c2ccn[nH]2)nc2cccnc12. The van der Waals surface area contributed by atoms with Gasteiger partial charge in [0.1, 0.15) is 5.52 Å². The van der Waals surface area contributed by atoms with Crippen LogP contribution < -0.4 is 10.6 Å². The lowest BCUT2D eigenvalue weighted by molar-refractivity contribution is 0.0921. The third-order valence-corrected chi connectivity index (χ3v) is 3.74. The van der Waals surface area contributed by atoms with Crippen LogP contribution in [-0.4, -0.2) is 44.9 Å². The van der Waals surface area contributed by atoms with E-state index in [0.717, 1.165) is 11.2 Å². The van der Waals surface area contributed by atoms with Crippen molar-refractivity contribution in [2.75, 3.05) is 30.4 Å². The second-order valence-corrected chi connectivity index (χ2v) is 5.08. The van der Waals surface area contributed by atoms with Gasteiger partial charge >= 0.3 is 0 Å². The molecule has 0 amide bonds. The van der Waals surface area contributed by atoms with Gasteiger partial charge in [-0.05, 0) is 18.2 Å². The largest absolute Gasteiger partial charge is 0.382 e. The van der Waals surface area contributed by atoms with E-state index in [9.17, 15) is 0 Å². The summed E-state index contributed by atoms with van der Waals surface area (Å²) in [4.78, 5) is 15.3. The quantitative estimate of drug-likeness (QED) is 0.724. The van der Waals surface area contributed by atoms with Gasteiger partial charge in [0, 0.05) is 18.9 Å². The molecule has 22 heavy (non-hydrogen) atoms. The van der Waals surface area contributed by atoms with Gasteiger partial charge in [0.25, 0.3) is 0 Å². The molecule has 0 aromatic carbocycles. The Labute approximate surface area is 126 Å². The van der Waals surface area contributed by atoms with Crippen LogP contribution in [0.1, 0.15) is 11.7 Å². The number of nitrogens with two attached hydrogens (primary N) is 1. The lowest BCUT2D eigenvalue weighted by Gasteiger charge is -2.35. The van der Waals surface area contributed by atoms with Crippen molar-refractivity contribution in [1.29, 1.82) is 0 Å². The summed E-state index contributed by atoms with van der Waals surface area (Å²) >= 11 is 0. The second-order valence-electron chi connectivity index (χ2n) is 5.08. The fourth-order valence-corrected chi connectivity index (χ4v) is 2.66. The fraction of sp³-hybridized carbons (Fsp3) is 0.286. The van der Waals surface area contributed by atoms with E-state index in [1.165, 1.54) is 0 Å². The number of H-pyrrole nitrogens is 1. The molecular weight excluding hydrogens is 282 g/mol. The first-order valence-electron chi connectivity index (χ1n) is 7.05. The third kappa shape index (κ3) is 2.13. The Morgan fingerprint density at radius 2 is 2.23 bits per heavy atom. The Kier molecular flexibility index (Phi) is 3.08. The predicted octanol–water partition coefficient (Wildman–Crippen LogP) is 0.908. The number of fused-ring (bicyclic) bond motifs is 1. The maximum absolute atomic E-state index is 6.04. The van der Waals surface area contributed by atoms with E-state index in [1.54, 1.807) is 12.4 Å². The first kappa shape index (κ1) is 13.0. The van der Waals surface area contributed by atoms with Crippen LogP contribution in [0.5, 0.6) is 0 Å². The number of aromatic nitrogens is 5.